The van der Waals surface area contributed by atoms with Crippen molar-refractivity contribution >= 4 is 41.5 Å². The first-order valence-electron chi connectivity index (χ1n) is 8.07. The highest BCUT2D eigenvalue weighted by Gasteiger charge is 2.27. The molecule has 5 nitrogen and oxygen atoms in total. The van der Waals surface area contributed by atoms with E-state index in [0.717, 1.165) is 42.6 Å². The summed E-state index contributed by atoms with van der Waals surface area (Å²) in [4.78, 5) is 12.5. The minimum Gasteiger partial charge on any atom is -0.351 e. The second kappa shape index (κ2) is 8.41. The van der Waals surface area contributed by atoms with Crippen molar-refractivity contribution in [3.63, 3.8) is 0 Å². The van der Waals surface area contributed by atoms with E-state index in [-0.39, 0.29) is 24.4 Å². The molecule has 1 heterocycles. The molecule has 0 spiro atoms. The van der Waals surface area contributed by atoms with E-state index in [1.165, 1.54) is 0 Å². The third kappa shape index (κ3) is 4.29. The van der Waals surface area contributed by atoms with Crippen LogP contribution in [-0.4, -0.2) is 28.3 Å². The van der Waals surface area contributed by atoms with E-state index < -0.39 is 0 Å². The zero-order chi connectivity index (χ0) is 17.3. The molecule has 0 saturated heterocycles. The van der Waals surface area contributed by atoms with Gasteiger partial charge in [0.2, 0.25) is 0 Å². The Morgan fingerprint density at radius 2 is 2.16 bits per heavy atom. The van der Waals surface area contributed by atoms with Crippen molar-refractivity contribution in [1.29, 1.82) is 0 Å². The zero-order valence-electron chi connectivity index (χ0n) is 13.9. The van der Waals surface area contributed by atoms with Crippen LogP contribution in [0, 0.1) is 0 Å². The van der Waals surface area contributed by atoms with E-state index in [2.05, 4.69) is 10.4 Å². The van der Waals surface area contributed by atoms with Gasteiger partial charge in [0.05, 0.1) is 10.7 Å². The molecule has 0 radical (unpaired) electrons. The highest BCUT2D eigenvalue weighted by Crippen LogP contribution is 2.31. The van der Waals surface area contributed by atoms with E-state index in [0.29, 0.717) is 22.3 Å². The summed E-state index contributed by atoms with van der Waals surface area (Å²) < 4.78 is 1.78. The number of aromatic nitrogens is 2. The van der Waals surface area contributed by atoms with E-state index in [1.54, 1.807) is 16.8 Å². The number of carbonyl (C=O) groups excluding carboxylic acids is 1. The molecule has 1 unspecified atom stereocenters. The second-order valence-electron chi connectivity index (χ2n) is 6.16. The van der Waals surface area contributed by atoms with E-state index in [9.17, 15) is 4.79 Å². The standard InChI is InChI=1S/C17H20Cl2N4O.ClH/c1-10(20)7-8-21-17(24)16-12-3-2-4-14(12)23(22-16)15-6-5-11(18)9-13(15)19;/h5-6,9-10H,2-4,7-8,20H2,1H3,(H,21,24);1H. The average Bonchev–Trinajstić information content (AvgIpc) is 3.09. The molecule has 1 aromatic carbocycles. The molecule has 25 heavy (non-hydrogen) atoms. The molecule has 0 bridgehead atoms. The fourth-order valence-electron chi connectivity index (χ4n) is 2.97. The maximum Gasteiger partial charge on any atom is 0.272 e. The third-order valence-electron chi connectivity index (χ3n) is 4.17. The first kappa shape index (κ1) is 20.0. The predicted molar refractivity (Wildman–Crippen MR) is 103 cm³/mol. The summed E-state index contributed by atoms with van der Waals surface area (Å²) in [5.74, 6) is -0.155. The lowest BCUT2D eigenvalue weighted by Crippen LogP contribution is -2.29. The van der Waals surface area contributed by atoms with Crippen LogP contribution in [0.3, 0.4) is 0 Å². The van der Waals surface area contributed by atoms with Gasteiger partial charge in [0.15, 0.2) is 5.69 Å². The second-order valence-corrected chi connectivity index (χ2v) is 7.00. The van der Waals surface area contributed by atoms with Gasteiger partial charge < -0.3 is 11.1 Å². The third-order valence-corrected chi connectivity index (χ3v) is 4.71. The molecule has 1 aliphatic carbocycles. The summed E-state index contributed by atoms with van der Waals surface area (Å²) in [5.41, 5.74) is 9.01. The van der Waals surface area contributed by atoms with E-state index in [1.807, 2.05) is 13.0 Å². The Kier molecular flexibility index (Phi) is 6.74. The van der Waals surface area contributed by atoms with Gasteiger partial charge in [0, 0.05) is 28.9 Å². The lowest BCUT2D eigenvalue weighted by Gasteiger charge is -2.08. The zero-order valence-corrected chi connectivity index (χ0v) is 16.2. The molecule has 3 rings (SSSR count). The van der Waals surface area contributed by atoms with Crippen LogP contribution in [0.2, 0.25) is 10.0 Å². The number of hydrogen-bond donors (Lipinski definition) is 2. The van der Waals surface area contributed by atoms with Crippen LogP contribution >= 0.6 is 35.6 Å². The van der Waals surface area contributed by atoms with Crippen molar-refractivity contribution in [3.8, 4) is 5.69 Å². The van der Waals surface area contributed by atoms with Crippen LogP contribution < -0.4 is 11.1 Å². The van der Waals surface area contributed by atoms with Crippen molar-refractivity contribution in [3.05, 3.63) is 45.2 Å². The molecular formula is C17H21Cl3N4O. The minimum atomic E-state index is -0.155. The van der Waals surface area contributed by atoms with Crippen LogP contribution in [0.4, 0.5) is 0 Å². The van der Waals surface area contributed by atoms with Crippen LogP contribution in [0.25, 0.3) is 5.69 Å². The van der Waals surface area contributed by atoms with Crippen LogP contribution in [0.15, 0.2) is 18.2 Å². The molecule has 2 aromatic rings. The summed E-state index contributed by atoms with van der Waals surface area (Å²) in [6.07, 6.45) is 3.49. The number of amides is 1. The number of hydrogen-bond acceptors (Lipinski definition) is 3. The van der Waals surface area contributed by atoms with Gasteiger partial charge in [0.25, 0.3) is 5.91 Å². The molecule has 1 aromatic heterocycles. The first-order chi connectivity index (χ1) is 11.5. The number of fused-ring (bicyclic) bond motifs is 1. The maximum atomic E-state index is 12.5. The normalized spacial score (nSPS) is 13.9. The van der Waals surface area contributed by atoms with Crippen molar-refractivity contribution in [2.24, 2.45) is 5.73 Å². The molecule has 3 N–H and O–H groups in total. The predicted octanol–water partition coefficient (Wildman–Crippen LogP) is 3.56. The fraction of sp³-hybridized carbons (Fsp3) is 0.412. The van der Waals surface area contributed by atoms with Gasteiger partial charge >= 0.3 is 0 Å². The number of carbonyl (C=O) groups is 1. The number of nitrogens with one attached hydrogen (secondary N) is 1. The summed E-state index contributed by atoms with van der Waals surface area (Å²) in [5, 5.41) is 8.52. The summed E-state index contributed by atoms with van der Waals surface area (Å²) in [7, 11) is 0. The van der Waals surface area contributed by atoms with Gasteiger partial charge in [-0.2, -0.15) is 5.10 Å². The lowest BCUT2D eigenvalue weighted by atomic mass is 10.2. The molecule has 0 aliphatic heterocycles. The van der Waals surface area contributed by atoms with Gasteiger partial charge in [-0.05, 0) is 50.8 Å². The Labute approximate surface area is 163 Å². The first-order valence-corrected chi connectivity index (χ1v) is 8.83. The number of rotatable bonds is 5. The monoisotopic (exact) mass is 402 g/mol. The largest absolute Gasteiger partial charge is 0.351 e. The molecular weight excluding hydrogens is 383 g/mol. The Morgan fingerprint density at radius 1 is 1.40 bits per heavy atom. The number of nitrogens with zero attached hydrogens (tertiary/aromatic N) is 2. The summed E-state index contributed by atoms with van der Waals surface area (Å²) >= 11 is 12.3. The molecule has 0 fully saturated rings. The fourth-order valence-corrected chi connectivity index (χ4v) is 3.46. The topological polar surface area (TPSA) is 72.9 Å². The lowest BCUT2D eigenvalue weighted by molar-refractivity contribution is 0.0946. The van der Waals surface area contributed by atoms with Gasteiger partial charge in [-0.15, -0.1) is 12.4 Å². The van der Waals surface area contributed by atoms with Crippen molar-refractivity contribution in [2.75, 3.05) is 6.54 Å². The number of nitrogens with two attached hydrogens (primary N) is 1. The Balaban J connectivity index is 0.00000225. The number of halogens is 3. The Bertz CT molecular complexity index is 773. The SMILES string of the molecule is CC(N)CCNC(=O)c1nn(-c2ccc(Cl)cc2Cl)c2c1CCC2.Cl. The van der Waals surface area contributed by atoms with Gasteiger partial charge in [-0.25, -0.2) is 4.68 Å². The highest BCUT2D eigenvalue weighted by atomic mass is 35.5. The summed E-state index contributed by atoms with van der Waals surface area (Å²) in [6, 6.07) is 5.34. The Morgan fingerprint density at radius 3 is 2.84 bits per heavy atom. The van der Waals surface area contributed by atoms with Gasteiger partial charge in [0.1, 0.15) is 0 Å². The van der Waals surface area contributed by atoms with Crippen molar-refractivity contribution < 1.29 is 4.79 Å². The Hall–Kier alpha value is -1.27. The molecule has 8 heteroatoms. The molecule has 136 valence electrons. The van der Waals surface area contributed by atoms with Gasteiger partial charge in [-0.3, -0.25) is 4.79 Å². The summed E-state index contributed by atoms with van der Waals surface area (Å²) in [6.45, 7) is 2.46. The molecule has 1 aliphatic rings. The number of benzene rings is 1. The van der Waals surface area contributed by atoms with Gasteiger partial charge in [-0.1, -0.05) is 23.2 Å². The quantitative estimate of drug-likeness (QED) is 0.801. The van der Waals surface area contributed by atoms with Crippen LogP contribution in [-0.2, 0) is 12.8 Å². The minimum absolute atomic E-state index is 0. The molecule has 1 amide bonds. The van der Waals surface area contributed by atoms with Crippen LogP contribution in [0.1, 0.15) is 41.5 Å². The average molecular weight is 404 g/mol. The van der Waals surface area contributed by atoms with Crippen molar-refractivity contribution in [1.82, 2.24) is 15.1 Å². The molecule has 0 saturated carbocycles. The van der Waals surface area contributed by atoms with E-state index >= 15 is 0 Å². The van der Waals surface area contributed by atoms with Crippen molar-refractivity contribution in [2.45, 2.75) is 38.6 Å². The van der Waals surface area contributed by atoms with E-state index in [4.69, 9.17) is 28.9 Å². The molecule has 1 atom stereocenters. The van der Waals surface area contributed by atoms with Crippen LogP contribution in [0.5, 0.6) is 0 Å². The highest BCUT2D eigenvalue weighted by molar-refractivity contribution is 6.35. The maximum absolute atomic E-state index is 12.5. The smallest absolute Gasteiger partial charge is 0.272 e.